The van der Waals surface area contributed by atoms with Crippen LogP contribution in [-0.2, 0) is 9.47 Å². The van der Waals surface area contributed by atoms with Crippen molar-refractivity contribution in [2.45, 2.75) is 24.9 Å². The zero-order valence-electron chi connectivity index (χ0n) is 23.5. The Hall–Kier alpha value is -4.36. The Morgan fingerprint density at radius 2 is 1.93 bits per heavy atom. The predicted molar refractivity (Wildman–Crippen MR) is 153 cm³/mol. The van der Waals surface area contributed by atoms with Crippen LogP contribution in [0.1, 0.15) is 18.4 Å². The third-order valence-electron chi connectivity index (χ3n) is 8.07. The standard InChI is InChI=1S/C29H32F2N8O3/c1-16-12-38(13-22(32)27(16)37(2)29(40)41-3)25-6-7-33-11-24(25)35-28-34-10-19-4-5-23(36-39(19)28)26-20(30)8-17(9-21(26)31)18-14-42-15-18/h4-11,16,18,22,27H,12-15,32H2,1-3H3,(H,34,35). The van der Waals surface area contributed by atoms with Crippen LogP contribution in [0, 0.1) is 17.6 Å². The molecule has 2 aliphatic rings. The van der Waals surface area contributed by atoms with Gasteiger partial charge in [-0.3, -0.25) is 4.98 Å². The Morgan fingerprint density at radius 3 is 2.60 bits per heavy atom. The molecule has 5 heterocycles. The van der Waals surface area contributed by atoms with Gasteiger partial charge in [0.2, 0.25) is 5.95 Å². The summed E-state index contributed by atoms with van der Waals surface area (Å²) in [7, 11) is 3.05. The molecule has 2 fully saturated rings. The monoisotopic (exact) mass is 578 g/mol. The zero-order chi connectivity index (χ0) is 29.5. The number of aromatic nitrogens is 4. The van der Waals surface area contributed by atoms with E-state index in [4.69, 9.17) is 15.2 Å². The molecule has 3 unspecified atom stereocenters. The number of amides is 1. The molecule has 0 spiro atoms. The Morgan fingerprint density at radius 1 is 1.17 bits per heavy atom. The largest absolute Gasteiger partial charge is 0.453 e. The number of anilines is 3. The minimum Gasteiger partial charge on any atom is -0.453 e. The molecule has 3 N–H and O–H groups in total. The van der Waals surface area contributed by atoms with Crippen LogP contribution in [0.25, 0.3) is 16.8 Å². The molecule has 11 nitrogen and oxygen atoms in total. The number of halogens is 2. The second-order valence-corrected chi connectivity index (χ2v) is 10.9. The lowest BCUT2D eigenvalue weighted by Crippen LogP contribution is -2.62. The molecular weight excluding hydrogens is 546 g/mol. The summed E-state index contributed by atoms with van der Waals surface area (Å²) in [5.74, 6) is -0.973. The minimum atomic E-state index is -0.681. The third kappa shape index (κ3) is 4.98. The quantitative estimate of drug-likeness (QED) is 0.352. The first kappa shape index (κ1) is 27.8. The molecule has 220 valence electrons. The molecule has 3 atom stereocenters. The summed E-state index contributed by atoms with van der Waals surface area (Å²) in [6, 6.07) is 7.34. The number of likely N-dealkylation sites (N-methyl/N-ethyl adjacent to an activating group) is 1. The maximum absolute atomic E-state index is 15.1. The van der Waals surface area contributed by atoms with Gasteiger partial charge in [-0.15, -0.1) is 0 Å². The van der Waals surface area contributed by atoms with Gasteiger partial charge in [0.1, 0.15) is 11.6 Å². The Balaban J connectivity index is 1.28. The second-order valence-electron chi connectivity index (χ2n) is 10.9. The van der Waals surface area contributed by atoms with E-state index in [2.05, 4.69) is 25.3 Å². The van der Waals surface area contributed by atoms with Gasteiger partial charge in [-0.2, -0.15) is 9.61 Å². The summed E-state index contributed by atoms with van der Waals surface area (Å²) in [4.78, 5) is 24.6. The van der Waals surface area contributed by atoms with Crippen LogP contribution in [0.5, 0.6) is 0 Å². The predicted octanol–water partition coefficient (Wildman–Crippen LogP) is 3.78. The van der Waals surface area contributed by atoms with E-state index >= 15 is 8.78 Å². The number of pyridine rings is 1. The lowest BCUT2D eigenvalue weighted by atomic mass is 9.89. The Bertz CT molecular complexity index is 1590. The molecule has 1 amide bonds. The van der Waals surface area contributed by atoms with Crippen molar-refractivity contribution in [2.75, 3.05) is 50.7 Å². The van der Waals surface area contributed by atoms with Gasteiger partial charge in [0.05, 0.1) is 66.9 Å². The van der Waals surface area contributed by atoms with Crippen LogP contribution in [0.15, 0.2) is 48.9 Å². The molecule has 2 aliphatic heterocycles. The fourth-order valence-corrected chi connectivity index (χ4v) is 5.93. The van der Waals surface area contributed by atoms with Gasteiger partial charge in [0, 0.05) is 38.3 Å². The van der Waals surface area contributed by atoms with Gasteiger partial charge < -0.3 is 30.3 Å². The van der Waals surface area contributed by atoms with Gasteiger partial charge >= 0.3 is 6.09 Å². The maximum atomic E-state index is 15.1. The average Bonchev–Trinajstić information content (AvgIpc) is 3.33. The molecule has 0 aliphatic carbocycles. The first-order valence-corrected chi connectivity index (χ1v) is 13.7. The molecule has 3 aromatic heterocycles. The summed E-state index contributed by atoms with van der Waals surface area (Å²) < 4.78 is 41.8. The molecule has 1 aromatic carbocycles. The van der Waals surface area contributed by atoms with Crippen LogP contribution in [0.3, 0.4) is 0 Å². The van der Waals surface area contributed by atoms with Crippen LogP contribution < -0.4 is 16.0 Å². The van der Waals surface area contributed by atoms with Gasteiger partial charge in [-0.05, 0) is 41.8 Å². The van der Waals surface area contributed by atoms with Crippen molar-refractivity contribution in [2.24, 2.45) is 11.7 Å². The van der Waals surface area contributed by atoms with Gasteiger partial charge in [-0.1, -0.05) is 6.92 Å². The summed E-state index contributed by atoms with van der Waals surface area (Å²) in [6.07, 6.45) is 4.55. The number of hydrogen-bond acceptors (Lipinski definition) is 9. The van der Waals surface area contributed by atoms with Gasteiger partial charge in [-0.25, -0.2) is 18.6 Å². The molecule has 6 rings (SSSR count). The number of hydrogen-bond donors (Lipinski definition) is 2. The number of nitrogens with zero attached hydrogens (tertiary/aromatic N) is 6. The van der Waals surface area contributed by atoms with E-state index in [-0.39, 0.29) is 35.2 Å². The number of nitrogens with one attached hydrogen (secondary N) is 1. The molecule has 4 aromatic rings. The van der Waals surface area contributed by atoms with E-state index < -0.39 is 17.7 Å². The van der Waals surface area contributed by atoms with Gasteiger partial charge in [0.15, 0.2) is 0 Å². The fraction of sp³-hybridized carbons (Fsp3) is 0.379. The summed E-state index contributed by atoms with van der Waals surface area (Å²) >= 11 is 0. The molecule has 42 heavy (non-hydrogen) atoms. The van der Waals surface area contributed by atoms with Crippen LogP contribution in [0.4, 0.5) is 30.9 Å². The second kappa shape index (κ2) is 11.1. The van der Waals surface area contributed by atoms with Crippen molar-refractivity contribution in [3.8, 4) is 11.3 Å². The van der Waals surface area contributed by atoms with Crippen LogP contribution in [0.2, 0.25) is 0 Å². The molecular formula is C29H32F2N8O3. The van der Waals surface area contributed by atoms with E-state index in [9.17, 15) is 4.79 Å². The zero-order valence-corrected chi connectivity index (χ0v) is 23.5. The summed E-state index contributed by atoms with van der Waals surface area (Å²) in [6.45, 7) is 4.07. The average molecular weight is 579 g/mol. The number of rotatable bonds is 6. The topological polar surface area (TPSA) is 123 Å². The summed E-state index contributed by atoms with van der Waals surface area (Å²) in [5, 5.41) is 7.83. The number of piperidine rings is 1. The first-order chi connectivity index (χ1) is 20.2. The van der Waals surface area contributed by atoms with Crippen molar-refractivity contribution in [1.29, 1.82) is 0 Å². The van der Waals surface area contributed by atoms with Crippen LogP contribution >= 0.6 is 0 Å². The van der Waals surface area contributed by atoms with Gasteiger partial charge in [0.25, 0.3) is 0 Å². The molecule has 0 radical (unpaired) electrons. The Labute approximate surface area is 241 Å². The van der Waals surface area contributed by atoms with Crippen LogP contribution in [-0.4, -0.2) is 83.1 Å². The third-order valence-corrected chi connectivity index (χ3v) is 8.07. The lowest BCUT2D eigenvalue weighted by molar-refractivity contribution is 0.00822. The molecule has 2 saturated heterocycles. The highest BCUT2D eigenvalue weighted by atomic mass is 19.1. The summed E-state index contributed by atoms with van der Waals surface area (Å²) in [5.41, 5.74) is 9.20. The highest BCUT2D eigenvalue weighted by Crippen LogP contribution is 2.34. The SMILES string of the molecule is COC(=O)N(C)C1C(C)CN(c2ccncc2Nc2ncc3ccc(-c4c(F)cc(C5COC5)cc4F)nn23)CC1N. The van der Waals surface area contributed by atoms with Crippen molar-refractivity contribution >= 4 is 28.9 Å². The fourth-order valence-electron chi connectivity index (χ4n) is 5.93. The molecule has 0 bridgehead atoms. The highest BCUT2D eigenvalue weighted by molar-refractivity contribution is 5.74. The number of fused-ring (bicyclic) bond motifs is 1. The van der Waals surface area contributed by atoms with Crippen molar-refractivity contribution in [3.63, 3.8) is 0 Å². The number of ether oxygens (including phenoxy) is 2. The Kier molecular flexibility index (Phi) is 7.37. The van der Waals surface area contributed by atoms with Crippen molar-refractivity contribution < 1.29 is 23.0 Å². The highest BCUT2D eigenvalue weighted by Gasteiger charge is 2.38. The number of carbonyl (C=O) groups excluding carboxylic acids is 1. The number of benzene rings is 1. The van der Waals surface area contributed by atoms with E-state index in [0.29, 0.717) is 49.0 Å². The number of methoxy groups -OCH3 is 1. The van der Waals surface area contributed by atoms with E-state index in [1.54, 1.807) is 42.7 Å². The van der Waals surface area contributed by atoms with Crippen molar-refractivity contribution in [1.82, 2.24) is 24.5 Å². The van der Waals surface area contributed by atoms with Crippen molar-refractivity contribution in [3.05, 3.63) is 66.1 Å². The number of carbonyl (C=O) groups is 1. The minimum absolute atomic E-state index is 0.00583. The molecule has 13 heteroatoms. The smallest absolute Gasteiger partial charge is 0.409 e. The van der Waals surface area contributed by atoms with E-state index in [1.165, 1.54) is 23.8 Å². The molecule has 0 saturated carbocycles. The van der Waals surface area contributed by atoms with E-state index in [1.807, 2.05) is 13.0 Å². The number of imidazole rings is 1. The number of nitrogens with two attached hydrogens (primary N) is 1. The maximum Gasteiger partial charge on any atom is 0.409 e. The van der Waals surface area contributed by atoms with E-state index in [0.717, 1.165) is 5.69 Å². The first-order valence-electron chi connectivity index (χ1n) is 13.7. The lowest BCUT2D eigenvalue weighted by Gasteiger charge is -2.45. The normalized spacial score (nSPS) is 20.8.